The molecule has 0 amide bonds. The van der Waals surface area contributed by atoms with Crippen molar-refractivity contribution in [3.8, 4) is 11.5 Å². The van der Waals surface area contributed by atoms with E-state index in [0.717, 1.165) is 11.1 Å². The third-order valence-corrected chi connectivity index (χ3v) is 9.22. The Kier molecular flexibility index (Phi) is 18.5. The standard InChI is InChI=1S/C21H18O5.C19H16O4.C3H7I.C2H3ClO/c1-13(22)12-17(15-8-4-3-5-9-15)19-20(25-14(2)23)16-10-6-7-11-18(16)26-21(19)24;1-12(20)11-15(13-7-3-2-4-8-13)17-18(21)14-9-5-6-10-16(14)23-19(17)22;1-2-3-4;1-2(3)4/h3-11,17H,12H2,1-2H3;2-10,15,21H,11H2,1H3;2-3H2,1H3;1H3. The lowest BCUT2D eigenvalue weighted by Crippen LogP contribution is -2.19. The number of Topliss-reactive ketones (excluding diaryl/α,β-unsaturated/α-hetero) is 2. The molecule has 2 aromatic heterocycles. The van der Waals surface area contributed by atoms with Crippen LogP contribution in [0, 0.1) is 0 Å². The van der Waals surface area contributed by atoms with Gasteiger partial charge in [-0.25, -0.2) is 9.59 Å². The van der Waals surface area contributed by atoms with Crippen LogP contribution in [0.5, 0.6) is 11.5 Å². The molecule has 12 heteroatoms. The molecule has 0 fully saturated rings. The van der Waals surface area contributed by atoms with Gasteiger partial charge < -0.3 is 18.7 Å². The second-order valence-electron chi connectivity index (χ2n) is 12.8. The zero-order valence-corrected chi connectivity index (χ0v) is 35.2. The van der Waals surface area contributed by atoms with Crippen molar-refractivity contribution >= 4 is 78.9 Å². The highest BCUT2D eigenvalue weighted by Crippen LogP contribution is 2.38. The van der Waals surface area contributed by atoms with Gasteiger partial charge in [0, 0.05) is 38.5 Å². The fraction of sp³-hybridized carbons (Fsp3) is 0.244. The zero-order valence-electron chi connectivity index (χ0n) is 32.3. The molecular formula is C45H44ClIO10. The third kappa shape index (κ3) is 13.6. The topological polar surface area (TPSA) is 158 Å². The second-order valence-corrected chi connectivity index (χ2v) is 14.4. The number of hydrogen-bond acceptors (Lipinski definition) is 10. The van der Waals surface area contributed by atoms with Crippen LogP contribution >= 0.6 is 34.2 Å². The Morgan fingerprint density at radius 3 is 1.44 bits per heavy atom. The maximum atomic E-state index is 12.8. The molecular weight excluding hydrogens is 863 g/mol. The Hall–Kier alpha value is -5.40. The Balaban J connectivity index is 0.000000258. The van der Waals surface area contributed by atoms with Crippen molar-refractivity contribution in [1.82, 2.24) is 0 Å². The molecule has 0 saturated heterocycles. The minimum Gasteiger partial charge on any atom is -0.507 e. The van der Waals surface area contributed by atoms with Gasteiger partial charge in [-0.2, -0.15) is 0 Å². The molecule has 0 spiro atoms. The molecule has 1 N–H and O–H groups in total. The number of halogens is 2. The molecule has 0 aliphatic heterocycles. The van der Waals surface area contributed by atoms with Gasteiger partial charge in [0.05, 0.1) is 21.9 Å². The number of para-hydroxylation sites is 2. The molecule has 2 unspecified atom stereocenters. The van der Waals surface area contributed by atoms with Crippen LogP contribution in [0.4, 0.5) is 0 Å². The van der Waals surface area contributed by atoms with E-state index >= 15 is 0 Å². The minimum atomic E-state index is -0.616. The van der Waals surface area contributed by atoms with Crippen LogP contribution in [0.3, 0.4) is 0 Å². The van der Waals surface area contributed by atoms with Crippen LogP contribution in [0.1, 0.15) is 88.0 Å². The molecule has 4 aromatic carbocycles. The number of ether oxygens (including phenoxy) is 1. The SMILES string of the molecule is CC(=O)CC(c1ccccc1)c1c(O)c2ccccc2oc1=O.CC(=O)CC(c1ccccc1)c1c(OC(C)=O)c2ccccc2oc1=O.CC(=O)Cl.CCCI. The predicted molar refractivity (Wildman–Crippen MR) is 231 cm³/mol. The molecule has 298 valence electrons. The third-order valence-electron chi connectivity index (χ3n) is 8.14. The Labute approximate surface area is 349 Å². The van der Waals surface area contributed by atoms with Crippen molar-refractivity contribution in [1.29, 1.82) is 0 Å². The summed E-state index contributed by atoms with van der Waals surface area (Å²) in [5.41, 5.74) is 1.30. The number of hydrogen-bond donors (Lipinski definition) is 1. The lowest BCUT2D eigenvalue weighted by Gasteiger charge is -2.19. The van der Waals surface area contributed by atoms with Crippen LogP contribution in [0.25, 0.3) is 21.9 Å². The van der Waals surface area contributed by atoms with E-state index in [9.17, 15) is 33.9 Å². The Morgan fingerprint density at radius 2 is 1.02 bits per heavy atom. The molecule has 57 heavy (non-hydrogen) atoms. The summed E-state index contributed by atoms with van der Waals surface area (Å²) in [7, 11) is 0. The van der Waals surface area contributed by atoms with Gasteiger partial charge in [0.15, 0.2) is 5.75 Å². The van der Waals surface area contributed by atoms with Gasteiger partial charge in [-0.1, -0.05) is 114 Å². The fourth-order valence-corrected chi connectivity index (χ4v) is 5.86. The number of carbonyl (C=O) groups excluding carboxylic acids is 4. The van der Waals surface area contributed by atoms with Crippen LogP contribution in [-0.4, -0.2) is 32.3 Å². The van der Waals surface area contributed by atoms with E-state index in [-0.39, 0.29) is 52.3 Å². The Morgan fingerprint density at radius 1 is 0.649 bits per heavy atom. The smallest absolute Gasteiger partial charge is 0.343 e. The van der Waals surface area contributed by atoms with Crippen molar-refractivity contribution < 1.29 is 37.9 Å². The van der Waals surface area contributed by atoms with Gasteiger partial charge in [-0.3, -0.25) is 19.2 Å². The quantitative estimate of drug-likeness (QED) is 0.0461. The molecule has 2 heterocycles. The molecule has 0 aliphatic carbocycles. The van der Waals surface area contributed by atoms with Crippen molar-refractivity contribution in [3.63, 3.8) is 0 Å². The highest BCUT2D eigenvalue weighted by molar-refractivity contribution is 14.1. The van der Waals surface area contributed by atoms with Gasteiger partial charge in [-0.05, 0) is 71.7 Å². The summed E-state index contributed by atoms with van der Waals surface area (Å²) < 4.78 is 17.5. The second kappa shape index (κ2) is 23.0. The van der Waals surface area contributed by atoms with Gasteiger partial charge >= 0.3 is 17.2 Å². The first-order valence-corrected chi connectivity index (χ1v) is 19.9. The van der Waals surface area contributed by atoms with Crippen LogP contribution in [0.2, 0.25) is 0 Å². The van der Waals surface area contributed by atoms with Gasteiger partial charge in [0.2, 0.25) is 5.24 Å². The van der Waals surface area contributed by atoms with Crippen LogP contribution in [0.15, 0.2) is 128 Å². The van der Waals surface area contributed by atoms with E-state index in [0.29, 0.717) is 21.9 Å². The number of rotatable bonds is 10. The summed E-state index contributed by atoms with van der Waals surface area (Å²) >= 11 is 6.99. The normalized spacial score (nSPS) is 11.4. The van der Waals surface area contributed by atoms with Crippen molar-refractivity contribution in [2.24, 2.45) is 0 Å². The highest BCUT2D eigenvalue weighted by Gasteiger charge is 2.28. The van der Waals surface area contributed by atoms with E-state index in [1.165, 1.54) is 38.5 Å². The molecule has 2 atom stereocenters. The monoisotopic (exact) mass is 906 g/mol. The van der Waals surface area contributed by atoms with Gasteiger partial charge in [0.1, 0.15) is 28.5 Å². The summed E-state index contributed by atoms with van der Waals surface area (Å²) in [5, 5.41) is 11.2. The maximum Gasteiger partial charge on any atom is 0.343 e. The first-order chi connectivity index (χ1) is 27.2. The average molecular weight is 907 g/mol. The number of alkyl halides is 1. The molecule has 0 radical (unpaired) electrons. The minimum absolute atomic E-state index is 0.0641. The zero-order chi connectivity index (χ0) is 42.1. The van der Waals surface area contributed by atoms with Gasteiger partial charge in [0.25, 0.3) is 0 Å². The van der Waals surface area contributed by atoms with Crippen molar-refractivity contribution in [2.45, 2.75) is 65.7 Å². The lowest BCUT2D eigenvalue weighted by molar-refractivity contribution is -0.131. The van der Waals surface area contributed by atoms with E-state index in [2.05, 4.69) is 41.1 Å². The maximum absolute atomic E-state index is 12.8. The predicted octanol–water partition coefficient (Wildman–Crippen LogP) is 10.0. The molecule has 6 aromatic rings. The summed E-state index contributed by atoms with van der Waals surface area (Å²) in [4.78, 5) is 69.6. The molecule has 10 nitrogen and oxygen atoms in total. The summed E-state index contributed by atoms with van der Waals surface area (Å²) in [6.45, 7) is 7.67. The Bertz CT molecular complexity index is 2400. The van der Waals surface area contributed by atoms with E-state index in [1.54, 1.807) is 48.5 Å². The molecule has 0 saturated carbocycles. The number of esters is 1. The summed E-state index contributed by atoms with van der Waals surface area (Å²) in [6, 6.07) is 32.0. The largest absolute Gasteiger partial charge is 0.507 e. The number of ketones is 2. The van der Waals surface area contributed by atoms with Crippen LogP contribution in [-0.2, 0) is 19.2 Å². The summed E-state index contributed by atoms with van der Waals surface area (Å²) in [5.74, 6) is -1.76. The van der Waals surface area contributed by atoms with Gasteiger partial charge in [-0.15, -0.1) is 0 Å². The first kappa shape index (κ1) is 46.0. The summed E-state index contributed by atoms with van der Waals surface area (Å²) in [6.07, 6.45) is 1.53. The molecule has 0 aliphatic rings. The average Bonchev–Trinajstić information content (AvgIpc) is 3.17. The first-order valence-electron chi connectivity index (χ1n) is 18.0. The molecule has 0 bridgehead atoms. The van der Waals surface area contributed by atoms with E-state index in [4.69, 9.17) is 13.6 Å². The van der Waals surface area contributed by atoms with Crippen molar-refractivity contribution in [3.05, 3.63) is 152 Å². The fourth-order valence-electron chi connectivity index (χ4n) is 5.86. The lowest BCUT2D eigenvalue weighted by atomic mass is 9.87. The number of benzene rings is 4. The highest BCUT2D eigenvalue weighted by atomic mass is 127. The number of carbonyl (C=O) groups is 4. The van der Waals surface area contributed by atoms with E-state index in [1.807, 2.05) is 60.7 Å². The van der Waals surface area contributed by atoms with E-state index < -0.39 is 29.1 Å². The van der Waals surface area contributed by atoms with Crippen LogP contribution < -0.4 is 16.0 Å². The van der Waals surface area contributed by atoms with Crippen molar-refractivity contribution in [2.75, 3.05) is 4.43 Å². The molecule has 6 rings (SSSR count). The number of fused-ring (bicyclic) bond motifs is 2. The number of aromatic hydroxyl groups is 1.